The molecule has 0 spiro atoms. The first-order valence-corrected chi connectivity index (χ1v) is 10.6. The molecule has 0 aromatic heterocycles. The summed E-state index contributed by atoms with van der Waals surface area (Å²) in [6.07, 6.45) is -0.146. The van der Waals surface area contributed by atoms with Crippen LogP contribution in [0.5, 0.6) is 17.2 Å². The van der Waals surface area contributed by atoms with Crippen LogP contribution in [0.15, 0.2) is 40.9 Å². The summed E-state index contributed by atoms with van der Waals surface area (Å²) in [4.78, 5) is 14.5. The van der Waals surface area contributed by atoms with Gasteiger partial charge in [0.05, 0.1) is 34.0 Å². The van der Waals surface area contributed by atoms with Gasteiger partial charge in [-0.05, 0) is 42.3 Å². The fourth-order valence-corrected chi connectivity index (χ4v) is 3.77. The number of halogens is 1. The first-order chi connectivity index (χ1) is 14.5. The second-order valence-electron chi connectivity index (χ2n) is 6.78. The van der Waals surface area contributed by atoms with Crippen molar-refractivity contribution in [3.63, 3.8) is 0 Å². The van der Waals surface area contributed by atoms with Crippen molar-refractivity contribution in [2.24, 2.45) is 0 Å². The van der Waals surface area contributed by atoms with Crippen molar-refractivity contribution in [2.75, 3.05) is 40.5 Å². The zero-order valence-electron chi connectivity index (χ0n) is 17.4. The van der Waals surface area contributed by atoms with E-state index in [1.54, 1.807) is 19.1 Å². The third kappa shape index (κ3) is 5.37. The number of morpholine rings is 1. The maximum Gasteiger partial charge on any atom is 0.317 e. The first kappa shape index (κ1) is 22.2. The van der Waals surface area contributed by atoms with E-state index in [0.717, 1.165) is 15.6 Å². The predicted molar refractivity (Wildman–Crippen MR) is 117 cm³/mol. The SMILES string of the molecule is CCOc1c(OC)cc(CNC(=O)N2CCOC(c3cccc(Br)c3)C2)cc1OC. The Bertz CT molecular complexity index is 851. The molecule has 2 aromatic carbocycles. The van der Waals surface area contributed by atoms with E-state index < -0.39 is 0 Å². The zero-order valence-corrected chi connectivity index (χ0v) is 19.0. The van der Waals surface area contributed by atoms with Gasteiger partial charge in [-0.2, -0.15) is 0 Å². The van der Waals surface area contributed by atoms with Gasteiger partial charge in [0.2, 0.25) is 5.75 Å². The standard InChI is InChI=1S/C22H27BrN2O5/c1-4-29-21-18(27-2)10-15(11-19(21)28-3)13-24-22(26)25-8-9-30-20(14-25)16-6-5-7-17(23)12-16/h5-7,10-12,20H,4,8-9,13-14H2,1-3H3,(H,24,26). The highest BCUT2D eigenvalue weighted by atomic mass is 79.9. The minimum atomic E-state index is -0.146. The van der Waals surface area contributed by atoms with Gasteiger partial charge in [-0.15, -0.1) is 0 Å². The summed E-state index contributed by atoms with van der Waals surface area (Å²) in [5, 5.41) is 2.98. The minimum Gasteiger partial charge on any atom is -0.493 e. The van der Waals surface area contributed by atoms with Crippen molar-refractivity contribution in [1.29, 1.82) is 0 Å². The van der Waals surface area contributed by atoms with E-state index in [1.165, 1.54) is 0 Å². The van der Waals surface area contributed by atoms with Gasteiger partial charge < -0.3 is 29.2 Å². The van der Waals surface area contributed by atoms with Crippen LogP contribution in [0.2, 0.25) is 0 Å². The molecule has 0 bridgehead atoms. The molecule has 7 nitrogen and oxygen atoms in total. The van der Waals surface area contributed by atoms with E-state index in [2.05, 4.69) is 21.2 Å². The van der Waals surface area contributed by atoms with Gasteiger partial charge in [0, 0.05) is 17.6 Å². The summed E-state index contributed by atoms with van der Waals surface area (Å²) in [5.41, 5.74) is 1.90. The van der Waals surface area contributed by atoms with Crippen molar-refractivity contribution < 1.29 is 23.7 Å². The van der Waals surface area contributed by atoms with Crippen LogP contribution >= 0.6 is 15.9 Å². The van der Waals surface area contributed by atoms with Crippen LogP contribution in [-0.2, 0) is 11.3 Å². The normalized spacial score (nSPS) is 16.1. The van der Waals surface area contributed by atoms with Crippen LogP contribution in [0.3, 0.4) is 0 Å². The van der Waals surface area contributed by atoms with E-state index in [-0.39, 0.29) is 12.1 Å². The van der Waals surface area contributed by atoms with E-state index in [0.29, 0.717) is 50.1 Å². The molecule has 0 saturated carbocycles. The lowest BCUT2D eigenvalue weighted by Gasteiger charge is -2.33. The number of ether oxygens (including phenoxy) is 4. The molecule has 1 fully saturated rings. The van der Waals surface area contributed by atoms with Crippen LogP contribution in [0.4, 0.5) is 4.79 Å². The number of carbonyl (C=O) groups excluding carboxylic acids is 1. The first-order valence-electron chi connectivity index (χ1n) is 9.83. The van der Waals surface area contributed by atoms with E-state index in [4.69, 9.17) is 18.9 Å². The van der Waals surface area contributed by atoms with Gasteiger partial charge in [-0.25, -0.2) is 4.79 Å². The highest BCUT2D eigenvalue weighted by Crippen LogP contribution is 2.38. The maximum atomic E-state index is 12.8. The topological polar surface area (TPSA) is 69.3 Å². The molecule has 162 valence electrons. The average Bonchev–Trinajstić information content (AvgIpc) is 2.78. The summed E-state index contributed by atoms with van der Waals surface area (Å²) < 4.78 is 23.3. The molecule has 3 rings (SSSR count). The summed E-state index contributed by atoms with van der Waals surface area (Å²) in [7, 11) is 3.16. The molecule has 1 atom stereocenters. The quantitative estimate of drug-likeness (QED) is 0.647. The number of carbonyl (C=O) groups is 1. The Morgan fingerprint density at radius 2 is 1.97 bits per heavy atom. The van der Waals surface area contributed by atoms with Crippen LogP contribution in [0, 0.1) is 0 Å². The molecular weight excluding hydrogens is 452 g/mol. The summed E-state index contributed by atoms with van der Waals surface area (Å²) in [5.74, 6) is 1.70. The number of nitrogens with one attached hydrogen (secondary N) is 1. The summed E-state index contributed by atoms with van der Waals surface area (Å²) in [6, 6.07) is 11.5. The number of methoxy groups -OCH3 is 2. The van der Waals surface area contributed by atoms with Crippen LogP contribution < -0.4 is 19.5 Å². The lowest BCUT2D eigenvalue weighted by Crippen LogP contribution is -2.46. The molecule has 1 aliphatic heterocycles. The molecule has 1 aliphatic rings. The van der Waals surface area contributed by atoms with Crippen molar-refractivity contribution in [3.8, 4) is 17.2 Å². The molecule has 2 amide bonds. The summed E-state index contributed by atoms with van der Waals surface area (Å²) >= 11 is 3.48. The molecular formula is C22H27BrN2O5. The second-order valence-corrected chi connectivity index (χ2v) is 7.70. The minimum absolute atomic E-state index is 0.134. The monoisotopic (exact) mass is 478 g/mol. The molecule has 1 heterocycles. The van der Waals surface area contributed by atoms with Gasteiger partial charge in [0.15, 0.2) is 11.5 Å². The van der Waals surface area contributed by atoms with Gasteiger partial charge in [-0.1, -0.05) is 28.1 Å². The highest BCUT2D eigenvalue weighted by molar-refractivity contribution is 9.10. The number of benzene rings is 2. The molecule has 2 aromatic rings. The maximum absolute atomic E-state index is 12.8. The van der Waals surface area contributed by atoms with Crippen molar-refractivity contribution in [1.82, 2.24) is 10.2 Å². The molecule has 0 radical (unpaired) electrons. The summed E-state index contributed by atoms with van der Waals surface area (Å²) in [6.45, 7) is 4.28. The Kier molecular flexibility index (Phi) is 7.81. The smallest absolute Gasteiger partial charge is 0.317 e. The fourth-order valence-electron chi connectivity index (χ4n) is 3.35. The van der Waals surface area contributed by atoms with Crippen molar-refractivity contribution >= 4 is 22.0 Å². The third-order valence-electron chi connectivity index (χ3n) is 4.83. The van der Waals surface area contributed by atoms with E-state index in [9.17, 15) is 4.79 Å². The highest BCUT2D eigenvalue weighted by Gasteiger charge is 2.25. The molecule has 0 aliphatic carbocycles. The van der Waals surface area contributed by atoms with Crippen LogP contribution in [0.25, 0.3) is 0 Å². The lowest BCUT2D eigenvalue weighted by molar-refractivity contribution is -0.0155. The zero-order chi connectivity index (χ0) is 21.5. The molecule has 30 heavy (non-hydrogen) atoms. The number of hydrogen-bond donors (Lipinski definition) is 1. The van der Waals surface area contributed by atoms with Crippen molar-refractivity contribution in [3.05, 3.63) is 52.0 Å². The Morgan fingerprint density at radius 1 is 1.23 bits per heavy atom. The van der Waals surface area contributed by atoms with Gasteiger partial charge >= 0.3 is 6.03 Å². The average molecular weight is 479 g/mol. The predicted octanol–water partition coefficient (Wildman–Crippen LogP) is 4.15. The third-order valence-corrected chi connectivity index (χ3v) is 5.32. The van der Waals surface area contributed by atoms with Crippen molar-refractivity contribution in [2.45, 2.75) is 19.6 Å². The fraction of sp³-hybridized carbons (Fsp3) is 0.409. The number of amides is 2. The Balaban J connectivity index is 1.65. The van der Waals surface area contributed by atoms with Crippen LogP contribution in [-0.4, -0.2) is 51.5 Å². The number of urea groups is 1. The number of rotatable bonds is 7. The Morgan fingerprint density at radius 3 is 2.60 bits per heavy atom. The molecule has 1 N–H and O–H groups in total. The largest absolute Gasteiger partial charge is 0.493 e. The van der Waals surface area contributed by atoms with E-state index >= 15 is 0 Å². The second kappa shape index (κ2) is 10.5. The Labute approximate surface area is 185 Å². The molecule has 8 heteroatoms. The van der Waals surface area contributed by atoms with Gasteiger partial charge in [0.25, 0.3) is 0 Å². The lowest BCUT2D eigenvalue weighted by atomic mass is 10.1. The van der Waals surface area contributed by atoms with Gasteiger partial charge in [0.1, 0.15) is 6.10 Å². The van der Waals surface area contributed by atoms with Crippen LogP contribution in [0.1, 0.15) is 24.2 Å². The van der Waals surface area contributed by atoms with E-state index in [1.807, 2.05) is 43.3 Å². The number of hydrogen-bond acceptors (Lipinski definition) is 5. The molecule has 1 unspecified atom stereocenters. The molecule has 1 saturated heterocycles. The Hall–Kier alpha value is -2.45. The van der Waals surface area contributed by atoms with Gasteiger partial charge in [-0.3, -0.25) is 0 Å². The number of nitrogens with zero attached hydrogens (tertiary/aromatic N) is 1.